The van der Waals surface area contributed by atoms with E-state index in [-0.39, 0.29) is 18.6 Å². The molecule has 5 nitrogen and oxygen atoms in total. The maximum Gasteiger partial charge on any atom is 0.333 e. The SMILES string of the molecule is O=C(O)CC(O)C(=O)O.[V]. The predicted molar refractivity (Wildman–Crippen MR) is 25.9 cm³/mol. The molecular weight excluding hydrogens is 179 g/mol. The molecule has 0 spiro atoms. The fourth-order valence-electron chi connectivity index (χ4n) is 0.253. The molecule has 0 saturated heterocycles. The average molecular weight is 185 g/mol. The minimum Gasteiger partial charge on any atom is -0.481 e. The van der Waals surface area contributed by atoms with Crippen LogP contribution in [0.1, 0.15) is 6.42 Å². The maximum atomic E-state index is 9.72. The topological polar surface area (TPSA) is 94.8 Å². The zero-order valence-electron chi connectivity index (χ0n) is 4.89. The van der Waals surface area contributed by atoms with E-state index in [4.69, 9.17) is 15.3 Å². The van der Waals surface area contributed by atoms with Crippen molar-refractivity contribution < 1.29 is 43.5 Å². The van der Waals surface area contributed by atoms with Gasteiger partial charge in [0.05, 0.1) is 6.42 Å². The van der Waals surface area contributed by atoms with Gasteiger partial charge in [-0.1, -0.05) is 0 Å². The summed E-state index contributed by atoms with van der Waals surface area (Å²) in [6.45, 7) is 0. The van der Waals surface area contributed by atoms with E-state index in [1.165, 1.54) is 0 Å². The van der Waals surface area contributed by atoms with Crippen LogP contribution >= 0.6 is 0 Å². The van der Waals surface area contributed by atoms with Crippen LogP contribution in [0, 0.1) is 0 Å². The zero-order chi connectivity index (χ0) is 7.44. The van der Waals surface area contributed by atoms with Gasteiger partial charge in [-0.2, -0.15) is 0 Å². The summed E-state index contributed by atoms with van der Waals surface area (Å²) >= 11 is 0. The Morgan fingerprint density at radius 3 is 1.80 bits per heavy atom. The first-order valence-electron chi connectivity index (χ1n) is 2.16. The first kappa shape index (κ1) is 12.2. The van der Waals surface area contributed by atoms with Crippen molar-refractivity contribution in [1.29, 1.82) is 0 Å². The first-order valence-corrected chi connectivity index (χ1v) is 2.16. The molecule has 0 aliphatic heterocycles. The normalized spacial score (nSPS) is 11.3. The number of rotatable bonds is 3. The fraction of sp³-hybridized carbons (Fsp3) is 0.500. The van der Waals surface area contributed by atoms with Gasteiger partial charge >= 0.3 is 11.9 Å². The molecule has 1 unspecified atom stereocenters. The molecular formula is C4H6O5V. The molecule has 6 heteroatoms. The van der Waals surface area contributed by atoms with Crippen LogP contribution in [-0.4, -0.2) is 33.4 Å². The Labute approximate surface area is 68.5 Å². The third kappa shape index (κ3) is 5.62. The van der Waals surface area contributed by atoms with E-state index in [2.05, 4.69) is 0 Å². The number of carboxylic acids is 2. The van der Waals surface area contributed by atoms with E-state index in [0.29, 0.717) is 0 Å². The van der Waals surface area contributed by atoms with Gasteiger partial charge in [-0.25, -0.2) is 4.79 Å². The Morgan fingerprint density at radius 2 is 1.70 bits per heavy atom. The van der Waals surface area contributed by atoms with Crippen LogP contribution in [0.5, 0.6) is 0 Å². The fourth-order valence-corrected chi connectivity index (χ4v) is 0.253. The molecule has 0 aromatic heterocycles. The third-order valence-electron chi connectivity index (χ3n) is 0.653. The monoisotopic (exact) mass is 185 g/mol. The van der Waals surface area contributed by atoms with Gasteiger partial charge in [-0.3, -0.25) is 4.79 Å². The Hall–Kier alpha value is -0.516. The van der Waals surface area contributed by atoms with E-state index in [9.17, 15) is 9.59 Å². The number of aliphatic hydroxyl groups excluding tert-OH is 1. The van der Waals surface area contributed by atoms with Gasteiger partial charge in [0, 0.05) is 18.6 Å². The van der Waals surface area contributed by atoms with Gasteiger partial charge in [0.1, 0.15) is 0 Å². The Balaban J connectivity index is 0. The Morgan fingerprint density at radius 1 is 1.30 bits per heavy atom. The molecule has 0 aliphatic carbocycles. The van der Waals surface area contributed by atoms with Crippen LogP contribution in [0.15, 0.2) is 0 Å². The summed E-state index contributed by atoms with van der Waals surface area (Å²) in [5.41, 5.74) is 0. The van der Waals surface area contributed by atoms with Crippen molar-refractivity contribution in [3.05, 3.63) is 0 Å². The van der Waals surface area contributed by atoms with Gasteiger partial charge in [-0.15, -0.1) is 0 Å². The summed E-state index contributed by atoms with van der Waals surface area (Å²) in [4.78, 5) is 19.4. The van der Waals surface area contributed by atoms with Crippen LogP contribution in [0.4, 0.5) is 0 Å². The molecule has 0 bridgehead atoms. The number of carbonyl (C=O) groups is 2. The molecule has 0 aromatic rings. The summed E-state index contributed by atoms with van der Waals surface area (Å²) in [5.74, 6) is -2.85. The molecule has 0 aliphatic rings. The standard InChI is InChI=1S/C4H6O5.V/c5-2(4(8)9)1-3(6)7;/h2,5H,1H2,(H,6,7)(H,8,9);. The second-order valence-corrected chi connectivity index (χ2v) is 1.45. The van der Waals surface area contributed by atoms with Gasteiger partial charge < -0.3 is 15.3 Å². The van der Waals surface area contributed by atoms with Crippen molar-refractivity contribution in [3.8, 4) is 0 Å². The average Bonchev–Trinajstić information content (AvgIpc) is 1.63. The van der Waals surface area contributed by atoms with Gasteiger partial charge in [0.25, 0.3) is 0 Å². The van der Waals surface area contributed by atoms with E-state index < -0.39 is 24.5 Å². The van der Waals surface area contributed by atoms with Crippen molar-refractivity contribution in [3.63, 3.8) is 0 Å². The van der Waals surface area contributed by atoms with Gasteiger partial charge in [0.15, 0.2) is 6.10 Å². The van der Waals surface area contributed by atoms with E-state index in [0.717, 1.165) is 0 Å². The van der Waals surface area contributed by atoms with Crippen LogP contribution < -0.4 is 0 Å². The summed E-state index contributed by atoms with van der Waals surface area (Å²) in [6.07, 6.45) is -2.54. The molecule has 0 aromatic carbocycles. The number of hydrogen-bond acceptors (Lipinski definition) is 3. The van der Waals surface area contributed by atoms with Gasteiger partial charge in [-0.05, 0) is 0 Å². The quantitative estimate of drug-likeness (QED) is 0.518. The summed E-state index contributed by atoms with van der Waals surface area (Å²) in [7, 11) is 0. The molecule has 0 fully saturated rings. The van der Waals surface area contributed by atoms with Crippen LogP contribution in [0.2, 0.25) is 0 Å². The van der Waals surface area contributed by atoms with Crippen LogP contribution in [0.3, 0.4) is 0 Å². The number of hydrogen-bond donors (Lipinski definition) is 3. The van der Waals surface area contributed by atoms with Crippen molar-refractivity contribution in [2.45, 2.75) is 12.5 Å². The Kier molecular flexibility index (Phi) is 6.44. The molecule has 1 radical (unpaired) electrons. The second kappa shape index (κ2) is 5.28. The smallest absolute Gasteiger partial charge is 0.333 e. The minimum atomic E-state index is -1.79. The molecule has 3 N–H and O–H groups in total. The summed E-state index contributed by atoms with van der Waals surface area (Å²) < 4.78 is 0. The van der Waals surface area contributed by atoms with Crippen LogP contribution in [-0.2, 0) is 28.1 Å². The molecule has 10 heavy (non-hydrogen) atoms. The number of aliphatic hydroxyl groups is 1. The summed E-state index contributed by atoms with van der Waals surface area (Å²) in [6, 6.07) is 0. The van der Waals surface area contributed by atoms with Crippen LogP contribution in [0.25, 0.3) is 0 Å². The van der Waals surface area contributed by atoms with E-state index >= 15 is 0 Å². The largest absolute Gasteiger partial charge is 0.481 e. The third-order valence-corrected chi connectivity index (χ3v) is 0.653. The van der Waals surface area contributed by atoms with Crippen molar-refractivity contribution in [2.75, 3.05) is 0 Å². The minimum absolute atomic E-state index is 0. The Bertz CT molecular complexity index is 134. The van der Waals surface area contributed by atoms with Crippen molar-refractivity contribution in [2.24, 2.45) is 0 Å². The molecule has 1 atom stereocenters. The van der Waals surface area contributed by atoms with Crippen molar-refractivity contribution >= 4 is 11.9 Å². The number of aliphatic carboxylic acids is 2. The first-order chi connectivity index (χ1) is 4.04. The van der Waals surface area contributed by atoms with E-state index in [1.807, 2.05) is 0 Å². The number of carboxylic acid groups (broad SMARTS) is 2. The molecule has 0 amide bonds. The molecule has 0 saturated carbocycles. The van der Waals surface area contributed by atoms with E-state index in [1.54, 1.807) is 0 Å². The second-order valence-electron chi connectivity index (χ2n) is 1.45. The molecule has 0 rings (SSSR count). The van der Waals surface area contributed by atoms with Gasteiger partial charge in [0.2, 0.25) is 0 Å². The maximum absolute atomic E-state index is 9.72. The molecule has 0 heterocycles. The van der Waals surface area contributed by atoms with Crippen molar-refractivity contribution in [1.82, 2.24) is 0 Å². The summed E-state index contributed by atoms with van der Waals surface area (Å²) in [5, 5.41) is 24.1. The molecule has 57 valence electrons. The zero-order valence-corrected chi connectivity index (χ0v) is 6.29. The predicted octanol–water partition coefficient (Wildman–Crippen LogP) is -1.10.